The van der Waals surface area contributed by atoms with E-state index in [1.165, 1.54) is 40.6 Å². The molecule has 0 bridgehead atoms. The first-order valence-electron chi connectivity index (χ1n) is 8.52. The van der Waals surface area contributed by atoms with Crippen LogP contribution in [0.3, 0.4) is 0 Å². The third-order valence-corrected chi connectivity index (χ3v) is 6.98. The summed E-state index contributed by atoms with van der Waals surface area (Å²) in [7, 11) is 5.21. The fourth-order valence-electron chi connectivity index (χ4n) is 2.89. The quantitative estimate of drug-likeness (QED) is 0.411. The van der Waals surface area contributed by atoms with E-state index in [0.717, 1.165) is 21.4 Å². The van der Waals surface area contributed by atoms with Gasteiger partial charge in [-0.05, 0) is 36.0 Å². The van der Waals surface area contributed by atoms with Crippen molar-refractivity contribution in [3.8, 4) is 5.75 Å². The first-order chi connectivity index (χ1) is 13.9. The van der Waals surface area contributed by atoms with E-state index in [1.54, 1.807) is 26.3 Å². The predicted octanol–water partition coefficient (Wildman–Crippen LogP) is 4.21. The number of ether oxygens (including phenoxy) is 1. The monoisotopic (exact) mass is 428 g/mol. The smallest absolute Gasteiger partial charge is 0.269 e. The summed E-state index contributed by atoms with van der Waals surface area (Å²) < 4.78 is 5.30. The van der Waals surface area contributed by atoms with Gasteiger partial charge in [0.15, 0.2) is 5.17 Å². The summed E-state index contributed by atoms with van der Waals surface area (Å²) in [4.78, 5) is 32.8. The molecular formula is C19H16N4O4S2. The maximum atomic E-state index is 12.9. The molecule has 2 aromatic carbocycles. The molecular weight excluding hydrogens is 412 g/mol. The van der Waals surface area contributed by atoms with Crippen LogP contribution < -0.4 is 9.64 Å². The van der Waals surface area contributed by atoms with Gasteiger partial charge in [-0.2, -0.15) is 0 Å². The molecule has 8 nitrogen and oxygen atoms in total. The van der Waals surface area contributed by atoms with Gasteiger partial charge in [0.1, 0.15) is 10.7 Å². The van der Waals surface area contributed by atoms with Crippen molar-refractivity contribution in [2.24, 2.45) is 4.99 Å². The molecule has 1 amide bonds. The van der Waals surface area contributed by atoms with Crippen LogP contribution in [0.2, 0.25) is 0 Å². The Morgan fingerprint density at radius 3 is 2.45 bits per heavy atom. The summed E-state index contributed by atoms with van der Waals surface area (Å²) in [6, 6.07) is 11.7. The van der Waals surface area contributed by atoms with Gasteiger partial charge in [0, 0.05) is 37.2 Å². The lowest BCUT2D eigenvalue weighted by atomic mass is 10.3. The van der Waals surface area contributed by atoms with E-state index in [-0.39, 0.29) is 11.6 Å². The minimum Gasteiger partial charge on any atom is -0.497 e. The number of methoxy groups -OCH3 is 1. The van der Waals surface area contributed by atoms with Crippen LogP contribution in [-0.2, 0) is 4.79 Å². The first-order valence-corrected chi connectivity index (χ1v) is 10.2. The molecule has 0 radical (unpaired) electrons. The first kappa shape index (κ1) is 19.3. The minimum absolute atomic E-state index is 0.00237. The normalized spacial score (nSPS) is 19.8. The highest BCUT2D eigenvalue weighted by Crippen LogP contribution is 2.50. The van der Waals surface area contributed by atoms with Gasteiger partial charge in [-0.25, -0.2) is 4.99 Å². The van der Waals surface area contributed by atoms with E-state index >= 15 is 0 Å². The maximum absolute atomic E-state index is 12.9. The second-order valence-corrected chi connectivity index (χ2v) is 8.27. The van der Waals surface area contributed by atoms with Crippen molar-refractivity contribution in [3.63, 3.8) is 0 Å². The number of hydrogen-bond donors (Lipinski definition) is 0. The molecule has 148 valence electrons. The summed E-state index contributed by atoms with van der Waals surface area (Å²) in [6.45, 7) is 0. The van der Waals surface area contributed by atoms with Crippen LogP contribution in [0.4, 0.5) is 17.1 Å². The Bertz CT molecular complexity index is 1080. The Morgan fingerprint density at radius 1 is 1.07 bits per heavy atom. The minimum atomic E-state index is -0.459. The number of carbonyl (C=O) groups excluding carboxylic acids is 1. The van der Waals surface area contributed by atoms with E-state index in [2.05, 4.69) is 4.99 Å². The number of benzene rings is 2. The summed E-state index contributed by atoms with van der Waals surface area (Å²) >= 11 is 2.82. The highest BCUT2D eigenvalue weighted by Gasteiger charge is 2.37. The van der Waals surface area contributed by atoms with Gasteiger partial charge in [-0.15, -0.1) is 0 Å². The van der Waals surface area contributed by atoms with Crippen LogP contribution in [-0.4, -0.2) is 42.1 Å². The lowest BCUT2D eigenvalue weighted by Gasteiger charge is -2.15. The van der Waals surface area contributed by atoms with Crippen LogP contribution in [0.1, 0.15) is 0 Å². The fraction of sp³-hybridized carbons (Fsp3) is 0.158. The van der Waals surface area contributed by atoms with E-state index in [1.807, 2.05) is 30.1 Å². The van der Waals surface area contributed by atoms with Gasteiger partial charge in [0.05, 0.1) is 28.4 Å². The van der Waals surface area contributed by atoms with Gasteiger partial charge in [-0.3, -0.25) is 19.8 Å². The number of nitrogens with zero attached hydrogens (tertiary/aromatic N) is 4. The third-order valence-electron chi connectivity index (χ3n) is 4.50. The topological polar surface area (TPSA) is 88.3 Å². The molecule has 2 aliphatic heterocycles. The Labute approximate surface area is 175 Å². The van der Waals surface area contributed by atoms with Gasteiger partial charge in [0.25, 0.3) is 11.6 Å². The summed E-state index contributed by atoms with van der Waals surface area (Å²) in [6.07, 6.45) is 0. The van der Waals surface area contributed by atoms with Gasteiger partial charge in [-0.1, -0.05) is 11.8 Å². The molecule has 2 heterocycles. The number of fused-ring (bicyclic) bond motifs is 1. The van der Waals surface area contributed by atoms with Gasteiger partial charge < -0.3 is 9.64 Å². The van der Waals surface area contributed by atoms with Crippen LogP contribution in [0.15, 0.2) is 62.3 Å². The van der Waals surface area contributed by atoms with Crippen molar-refractivity contribution in [1.29, 1.82) is 0 Å². The fourth-order valence-corrected chi connectivity index (χ4v) is 5.20. The third kappa shape index (κ3) is 3.45. The van der Waals surface area contributed by atoms with E-state index in [0.29, 0.717) is 15.8 Å². The van der Waals surface area contributed by atoms with E-state index in [4.69, 9.17) is 4.74 Å². The number of carbonyl (C=O) groups is 1. The van der Waals surface area contributed by atoms with Gasteiger partial charge >= 0.3 is 0 Å². The molecule has 2 aliphatic rings. The maximum Gasteiger partial charge on any atom is 0.269 e. The number of aliphatic imine (C=N–C) groups is 1. The Hall–Kier alpha value is -2.98. The average molecular weight is 428 g/mol. The molecule has 1 fully saturated rings. The number of amides is 1. The molecule has 0 aromatic heterocycles. The molecule has 2 aromatic rings. The predicted molar refractivity (Wildman–Crippen MR) is 115 cm³/mol. The highest BCUT2D eigenvalue weighted by molar-refractivity contribution is 8.19. The summed E-state index contributed by atoms with van der Waals surface area (Å²) in [5.41, 5.74) is 1.52. The number of thioether (sulfide) groups is 2. The second kappa shape index (κ2) is 7.45. The number of amidine groups is 1. The number of nitro benzene ring substituents is 1. The van der Waals surface area contributed by atoms with Crippen LogP contribution in [0.25, 0.3) is 0 Å². The summed E-state index contributed by atoms with van der Waals surface area (Å²) in [5, 5.41) is 12.2. The summed E-state index contributed by atoms with van der Waals surface area (Å²) in [5.74, 6) is 0.621. The van der Waals surface area contributed by atoms with Crippen molar-refractivity contribution < 1.29 is 14.5 Å². The zero-order valence-electron chi connectivity index (χ0n) is 15.8. The molecule has 0 N–H and O–H groups in total. The molecule has 0 aliphatic carbocycles. The SMILES string of the molecule is COc1ccc2c(c1)N(C)/C(=C1/SC(=Nc3ccc([N+](=O)[O-])cc3)N(C)C1=O)S2. The van der Waals surface area contributed by atoms with Crippen LogP contribution in [0, 0.1) is 10.1 Å². The number of likely N-dealkylation sites (N-methyl/N-ethyl adjacent to an activating group) is 1. The average Bonchev–Trinajstić information content (AvgIpc) is 3.19. The van der Waals surface area contributed by atoms with Crippen LogP contribution >= 0.6 is 23.5 Å². The van der Waals surface area contributed by atoms with Crippen LogP contribution in [0.5, 0.6) is 5.75 Å². The Balaban J connectivity index is 1.65. The van der Waals surface area contributed by atoms with Crippen molar-refractivity contribution >= 4 is 51.7 Å². The molecule has 29 heavy (non-hydrogen) atoms. The van der Waals surface area contributed by atoms with E-state index < -0.39 is 4.92 Å². The standard InChI is InChI=1S/C19H16N4O4S2/c1-21-14-10-13(27-3)8-9-15(14)28-18(21)16-17(24)22(2)19(29-16)20-11-4-6-12(7-5-11)23(25)26/h4-10H,1-3H3/b18-16-,20-19?. The second-order valence-electron chi connectivity index (χ2n) is 6.26. The van der Waals surface area contributed by atoms with Crippen molar-refractivity contribution in [3.05, 3.63) is 62.5 Å². The molecule has 0 saturated carbocycles. The molecule has 0 atom stereocenters. The van der Waals surface area contributed by atoms with Gasteiger partial charge in [0.2, 0.25) is 0 Å². The Kier molecular flexibility index (Phi) is 4.97. The number of anilines is 1. The number of rotatable bonds is 3. The lowest BCUT2D eigenvalue weighted by molar-refractivity contribution is -0.384. The lowest BCUT2D eigenvalue weighted by Crippen LogP contribution is -2.24. The van der Waals surface area contributed by atoms with Crippen molar-refractivity contribution in [2.45, 2.75) is 4.90 Å². The van der Waals surface area contributed by atoms with Crippen molar-refractivity contribution in [1.82, 2.24) is 4.90 Å². The largest absolute Gasteiger partial charge is 0.497 e. The molecule has 0 spiro atoms. The molecule has 0 unspecified atom stereocenters. The van der Waals surface area contributed by atoms with Crippen molar-refractivity contribution in [2.75, 3.05) is 26.1 Å². The number of nitro groups is 1. The van der Waals surface area contributed by atoms with E-state index in [9.17, 15) is 14.9 Å². The highest BCUT2D eigenvalue weighted by atomic mass is 32.2. The zero-order chi connectivity index (χ0) is 20.7. The number of hydrogen-bond acceptors (Lipinski definition) is 8. The number of non-ortho nitro benzene ring substituents is 1. The molecule has 4 rings (SSSR count). The molecule has 1 saturated heterocycles. The molecule has 10 heteroatoms. The Morgan fingerprint density at radius 2 is 1.79 bits per heavy atom. The zero-order valence-corrected chi connectivity index (χ0v) is 17.4.